The lowest BCUT2D eigenvalue weighted by Gasteiger charge is -2.14. The van der Waals surface area contributed by atoms with Crippen LogP contribution in [0.15, 0.2) is 5.38 Å². The van der Waals surface area contributed by atoms with Crippen LogP contribution in [0.5, 0.6) is 0 Å². The first-order valence-electron chi connectivity index (χ1n) is 7.67. The molecule has 19 heavy (non-hydrogen) atoms. The molecule has 108 valence electrons. The summed E-state index contributed by atoms with van der Waals surface area (Å²) >= 11 is 1.85. The van der Waals surface area contributed by atoms with Crippen LogP contribution < -0.4 is 5.32 Å². The van der Waals surface area contributed by atoms with E-state index >= 15 is 0 Å². The van der Waals surface area contributed by atoms with Crippen molar-refractivity contribution in [3.05, 3.63) is 16.1 Å². The number of aromatic nitrogens is 1. The molecule has 0 spiro atoms. The number of rotatable bonds is 5. The van der Waals surface area contributed by atoms with E-state index in [1.54, 1.807) is 0 Å². The molecular weight excluding hydrogens is 252 g/mol. The van der Waals surface area contributed by atoms with Gasteiger partial charge in [0.05, 0.1) is 10.7 Å². The van der Waals surface area contributed by atoms with Crippen molar-refractivity contribution in [2.45, 2.75) is 71.3 Å². The second-order valence-electron chi connectivity index (χ2n) is 6.91. The van der Waals surface area contributed by atoms with E-state index < -0.39 is 0 Å². The van der Waals surface area contributed by atoms with Gasteiger partial charge in [0.15, 0.2) is 0 Å². The molecule has 2 nitrogen and oxygen atoms in total. The Morgan fingerprint density at radius 2 is 2.16 bits per heavy atom. The molecule has 1 fully saturated rings. The van der Waals surface area contributed by atoms with Gasteiger partial charge in [-0.1, -0.05) is 27.7 Å². The van der Waals surface area contributed by atoms with Gasteiger partial charge in [0, 0.05) is 23.3 Å². The van der Waals surface area contributed by atoms with Crippen molar-refractivity contribution in [2.24, 2.45) is 5.92 Å². The Morgan fingerprint density at radius 1 is 1.37 bits per heavy atom. The Hall–Kier alpha value is -0.410. The second kappa shape index (κ2) is 6.36. The largest absolute Gasteiger partial charge is 0.314 e. The lowest BCUT2D eigenvalue weighted by molar-refractivity contribution is 0.482. The molecule has 0 aromatic carbocycles. The zero-order chi connectivity index (χ0) is 13.9. The summed E-state index contributed by atoms with van der Waals surface area (Å²) in [6.07, 6.45) is 6.48. The molecule has 1 heterocycles. The van der Waals surface area contributed by atoms with E-state index in [1.807, 2.05) is 11.3 Å². The Balaban J connectivity index is 1.84. The molecule has 1 aliphatic rings. The van der Waals surface area contributed by atoms with E-state index in [9.17, 15) is 0 Å². The van der Waals surface area contributed by atoms with Gasteiger partial charge >= 0.3 is 0 Å². The van der Waals surface area contributed by atoms with Crippen LogP contribution in [0.4, 0.5) is 0 Å². The van der Waals surface area contributed by atoms with Gasteiger partial charge in [-0.25, -0.2) is 4.98 Å². The fraction of sp³-hybridized carbons (Fsp3) is 0.812. The number of nitrogens with one attached hydrogen (secondary N) is 1. The third kappa shape index (κ3) is 4.28. The molecule has 1 aliphatic carbocycles. The normalized spacial score (nSPS) is 24.0. The molecule has 0 saturated heterocycles. The molecule has 0 bridgehead atoms. The second-order valence-corrected chi connectivity index (χ2v) is 7.85. The van der Waals surface area contributed by atoms with Gasteiger partial charge < -0.3 is 5.32 Å². The molecule has 2 atom stereocenters. The van der Waals surface area contributed by atoms with Crippen molar-refractivity contribution in [3.8, 4) is 0 Å². The maximum atomic E-state index is 4.83. The number of thiazole rings is 1. The predicted octanol–water partition coefficient (Wildman–Crippen LogP) is 4.15. The summed E-state index contributed by atoms with van der Waals surface area (Å²) in [5.74, 6) is 0.841. The first-order chi connectivity index (χ1) is 8.99. The van der Waals surface area contributed by atoms with E-state index in [2.05, 4.69) is 38.4 Å². The van der Waals surface area contributed by atoms with Crippen LogP contribution in [-0.4, -0.2) is 17.6 Å². The summed E-state index contributed by atoms with van der Waals surface area (Å²) < 4.78 is 0. The van der Waals surface area contributed by atoms with Crippen LogP contribution in [0.3, 0.4) is 0 Å². The Bertz CT molecular complexity index is 392. The third-order valence-corrected chi connectivity index (χ3v) is 4.88. The first kappa shape index (κ1) is 15.0. The molecule has 2 rings (SSSR count). The van der Waals surface area contributed by atoms with E-state index in [0.29, 0.717) is 0 Å². The van der Waals surface area contributed by atoms with Gasteiger partial charge in [-0.2, -0.15) is 0 Å². The summed E-state index contributed by atoms with van der Waals surface area (Å²) in [7, 11) is 0. The average Bonchev–Trinajstić information content (AvgIpc) is 2.95. The van der Waals surface area contributed by atoms with E-state index in [4.69, 9.17) is 4.98 Å². The van der Waals surface area contributed by atoms with Gasteiger partial charge in [0.2, 0.25) is 0 Å². The highest BCUT2D eigenvalue weighted by molar-refractivity contribution is 7.09. The quantitative estimate of drug-likeness (QED) is 0.876. The summed E-state index contributed by atoms with van der Waals surface area (Å²) in [5, 5.41) is 7.25. The summed E-state index contributed by atoms with van der Waals surface area (Å²) in [5.41, 5.74) is 1.45. The van der Waals surface area contributed by atoms with Gasteiger partial charge in [0.25, 0.3) is 0 Å². The van der Waals surface area contributed by atoms with Crippen LogP contribution in [0.1, 0.15) is 64.1 Å². The van der Waals surface area contributed by atoms with Crippen LogP contribution in [0.2, 0.25) is 0 Å². The maximum Gasteiger partial charge on any atom is 0.0931 e. The van der Waals surface area contributed by atoms with Crippen molar-refractivity contribution in [1.29, 1.82) is 0 Å². The Labute approximate surface area is 122 Å². The molecular formula is C16H28N2S. The van der Waals surface area contributed by atoms with Crippen LogP contribution in [-0.2, 0) is 11.8 Å². The van der Waals surface area contributed by atoms with Crippen molar-refractivity contribution in [1.82, 2.24) is 10.3 Å². The molecule has 1 N–H and O–H groups in total. The molecule has 0 amide bonds. The highest BCUT2D eigenvalue weighted by Crippen LogP contribution is 2.31. The standard InChI is InChI=1S/C16H28N2S/c1-5-8-17-13-7-6-12(9-13)10-15-18-14(11-19-15)16(2,3)4/h11-13,17H,5-10H2,1-4H3. The number of hydrogen-bond acceptors (Lipinski definition) is 3. The SMILES string of the molecule is CCCNC1CCC(Cc2nc(C(C)(C)C)cs2)C1. The monoisotopic (exact) mass is 280 g/mol. The Morgan fingerprint density at radius 3 is 2.79 bits per heavy atom. The fourth-order valence-corrected chi connectivity index (χ4v) is 3.93. The molecule has 1 aromatic rings. The lowest BCUT2D eigenvalue weighted by Crippen LogP contribution is -2.27. The summed E-state index contributed by atoms with van der Waals surface area (Å²) in [4.78, 5) is 4.83. The van der Waals surface area contributed by atoms with E-state index in [0.717, 1.165) is 12.0 Å². The topological polar surface area (TPSA) is 24.9 Å². The van der Waals surface area contributed by atoms with Gasteiger partial charge in [-0.3, -0.25) is 0 Å². The molecule has 0 aliphatic heterocycles. The van der Waals surface area contributed by atoms with Crippen molar-refractivity contribution in [2.75, 3.05) is 6.54 Å². The average molecular weight is 280 g/mol. The molecule has 1 aromatic heterocycles. The van der Waals surface area contributed by atoms with Crippen molar-refractivity contribution < 1.29 is 0 Å². The van der Waals surface area contributed by atoms with Gasteiger partial charge in [-0.15, -0.1) is 11.3 Å². The molecule has 3 heteroatoms. The highest BCUT2D eigenvalue weighted by Gasteiger charge is 2.25. The van der Waals surface area contributed by atoms with Crippen molar-refractivity contribution >= 4 is 11.3 Å². The van der Waals surface area contributed by atoms with Crippen molar-refractivity contribution in [3.63, 3.8) is 0 Å². The first-order valence-corrected chi connectivity index (χ1v) is 8.55. The van der Waals surface area contributed by atoms with E-state index in [1.165, 1.54) is 49.4 Å². The zero-order valence-electron chi connectivity index (χ0n) is 12.8. The van der Waals surface area contributed by atoms with E-state index in [-0.39, 0.29) is 5.41 Å². The smallest absolute Gasteiger partial charge is 0.0931 e. The third-order valence-electron chi connectivity index (χ3n) is 4.01. The van der Waals surface area contributed by atoms with Gasteiger partial charge in [-0.05, 0) is 38.1 Å². The minimum atomic E-state index is 0.190. The van der Waals surface area contributed by atoms with Gasteiger partial charge in [0.1, 0.15) is 0 Å². The highest BCUT2D eigenvalue weighted by atomic mass is 32.1. The summed E-state index contributed by atoms with van der Waals surface area (Å²) in [6.45, 7) is 10.1. The minimum absolute atomic E-state index is 0.190. The number of nitrogens with zero attached hydrogens (tertiary/aromatic N) is 1. The molecule has 2 unspecified atom stereocenters. The fourth-order valence-electron chi connectivity index (χ4n) is 2.79. The minimum Gasteiger partial charge on any atom is -0.314 e. The van der Waals surface area contributed by atoms with Crippen LogP contribution in [0, 0.1) is 5.92 Å². The zero-order valence-corrected chi connectivity index (χ0v) is 13.6. The lowest BCUT2D eigenvalue weighted by atomic mass is 9.93. The maximum absolute atomic E-state index is 4.83. The van der Waals surface area contributed by atoms with Crippen LogP contribution >= 0.6 is 11.3 Å². The number of hydrogen-bond donors (Lipinski definition) is 1. The molecule has 0 radical (unpaired) electrons. The summed E-state index contributed by atoms with van der Waals surface area (Å²) in [6, 6.07) is 0.756. The Kier molecular flexibility index (Phi) is 5.02. The van der Waals surface area contributed by atoms with Crippen LogP contribution in [0.25, 0.3) is 0 Å². The predicted molar refractivity (Wildman–Crippen MR) is 83.9 cm³/mol. The molecule has 1 saturated carbocycles.